The number of carbonyl (C=O) groups is 2. The minimum absolute atomic E-state index is 0. The molecule has 220 valence electrons. The van der Waals surface area contributed by atoms with E-state index in [1.54, 1.807) is 6.92 Å². The fourth-order valence-electron chi connectivity index (χ4n) is 4.32. The van der Waals surface area contributed by atoms with Crippen LogP contribution in [0, 0.1) is 0 Å². The third-order valence-electron chi connectivity index (χ3n) is 6.48. The molecule has 4 rings (SSSR count). The van der Waals surface area contributed by atoms with Crippen LogP contribution in [0.15, 0.2) is 30.6 Å². The van der Waals surface area contributed by atoms with Gasteiger partial charge in [-0.25, -0.2) is 4.98 Å². The van der Waals surface area contributed by atoms with E-state index in [1.807, 2.05) is 24.3 Å². The number of carboxylic acid groups (broad SMARTS) is 1. The molecule has 3 aromatic rings. The number of aliphatic hydroxyl groups excluding tert-OH is 3. The van der Waals surface area contributed by atoms with Crippen molar-refractivity contribution in [2.45, 2.75) is 57.0 Å². The second-order valence-corrected chi connectivity index (χ2v) is 8.97. The first-order valence-electron chi connectivity index (χ1n) is 12.2. The number of aryl methyl sites for hydroxylation is 1. The van der Waals surface area contributed by atoms with E-state index >= 15 is 0 Å². The van der Waals surface area contributed by atoms with Gasteiger partial charge in [0.1, 0.15) is 23.8 Å². The summed E-state index contributed by atoms with van der Waals surface area (Å²) in [5.41, 5.74) is 8.58. The summed E-state index contributed by atoms with van der Waals surface area (Å²) >= 11 is 0. The number of nitrogens with one attached hydrogen (secondary N) is 1. The van der Waals surface area contributed by atoms with Gasteiger partial charge in [-0.05, 0) is 30.9 Å². The Morgan fingerprint density at radius 3 is 2.45 bits per heavy atom. The van der Waals surface area contributed by atoms with Gasteiger partial charge in [-0.3, -0.25) is 14.2 Å². The molecule has 1 saturated heterocycles. The number of ether oxygens (including phenoxy) is 1. The van der Waals surface area contributed by atoms with Crippen LogP contribution in [0.4, 0.5) is 11.8 Å². The average Bonchev–Trinajstić information content (AvgIpc) is 3.45. The molecule has 0 aliphatic carbocycles. The van der Waals surface area contributed by atoms with Gasteiger partial charge >= 0.3 is 5.97 Å². The van der Waals surface area contributed by atoms with Crippen molar-refractivity contribution in [1.29, 1.82) is 0 Å². The molecule has 2 aromatic heterocycles. The lowest BCUT2D eigenvalue weighted by Crippen LogP contribution is -2.48. The first kappa shape index (κ1) is 32.6. The third-order valence-corrected chi connectivity index (χ3v) is 6.48. The van der Waals surface area contributed by atoms with Gasteiger partial charge < -0.3 is 46.6 Å². The molecule has 0 spiro atoms. The highest BCUT2D eigenvalue weighted by atomic mass is 35.5. The molecule has 40 heavy (non-hydrogen) atoms. The van der Waals surface area contributed by atoms with Crippen molar-refractivity contribution in [2.75, 3.05) is 24.1 Å². The number of anilines is 2. The Morgan fingerprint density at radius 2 is 1.85 bits per heavy atom. The van der Waals surface area contributed by atoms with Crippen molar-refractivity contribution in [2.24, 2.45) is 0 Å². The number of benzene rings is 1. The van der Waals surface area contributed by atoms with Crippen LogP contribution in [0.2, 0.25) is 0 Å². The van der Waals surface area contributed by atoms with E-state index in [0.717, 1.165) is 16.0 Å². The van der Waals surface area contributed by atoms with Gasteiger partial charge in [-0.1, -0.05) is 24.3 Å². The number of fused-ring (bicyclic) bond motifs is 1. The van der Waals surface area contributed by atoms with E-state index in [-0.39, 0.29) is 53.8 Å². The molecular weight excluding hydrogens is 550 g/mol. The number of rotatable bonds is 12. The first-order chi connectivity index (χ1) is 18.2. The van der Waals surface area contributed by atoms with E-state index in [2.05, 4.69) is 20.3 Å². The van der Waals surface area contributed by atoms with E-state index in [4.69, 9.17) is 15.6 Å². The molecule has 1 unspecified atom stereocenters. The van der Waals surface area contributed by atoms with Crippen molar-refractivity contribution in [3.05, 3.63) is 41.7 Å². The Hall–Kier alpha value is -3.60. The zero-order chi connectivity index (χ0) is 27.4. The quantitative estimate of drug-likeness (QED) is 0.112. The van der Waals surface area contributed by atoms with Crippen molar-refractivity contribution in [3.63, 3.8) is 0 Å². The molecule has 15 nitrogen and oxygen atoms in total. The summed E-state index contributed by atoms with van der Waals surface area (Å²) in [5.74, 6) is -0.515. The molecule has 1 aliphatic rings. The number of carbonyl (C=O) groups excluding carboxylic acids is 1. The number of aliphatic hydroxyl groups is 3. The van der Waals surface area contributed by atoms with Crippen LogP contribution in [0.1, 0.15) is 30.7 Å². The summed E-state index contributed by atoms with van der Waals surface area (Å²) in [5, 5.41) is 43.5. The van der Waals surface area contributed by atoms with E-state index in [1.165, 1.54) is 10.9 Å². The molecule has 16 heteroatoms. The standard InChI is InChI=1S/C24H31N7O7.ClH.H2O/c1-2-30(12-32)22(37)19-17(35)18(36)23(38-19)31-11-27-16-20(25)28-24(29-21(16)31)26-10-9-14-5-3-13(4-6-14)7-8-15(33)34;;/h3-6,11-12,17-19,22-23,35-37H,2,7-10H2,1H3,(H,33,34)(H3,25,26,28,29);1H;1H2/t17-,18+,19-,22?,23+;;/m0../s1. The van der Waals surface area contributed by atoms with Crippen molar-refractivity contribution < 1.29 is 40.2 Å². The molecule has 3 heterocycles. The molecule has 0 saturated carbocycles. The Kier molecular flexibility index (Phi) is 11.5. The highest BCUT2D eigenvalue weighted by Crippen LogP contribution is 2.34. The lowest BCUT2D eigenvalue weighted by molar-refractivity contribution is -0.152. The smallest absolute Gasteiger partial charge is 0.303 e. The van der Waals surface area contributed by atoms with Gasteiger partial charge in [0.05, 0.1) is 6.33 Å². The fourth-order valence-corrected chi connectivity index (χ4v) is 4.32. The maximum atomic E-state index is 11.2. The number of nitrogen functional groups attached to an aromatic ring is 1. The summed E-state index contributed by atoms with van der Waals surface area (Å²) in [7, 11) is 0. The predicted octanol–water partition coefficient (Wildman–Crippen LogP) is -0.907. The summed E-state index contributed by atoms with van der Waals surface area (Å²) in [6, 6.07) is 7.67. The molecule has 1 aromatic carbocycles. The van der Waals surface area contributed by atoms with Gasteiger partial charge in [0.25, 0.3) is 0 Å². The maximum Gasteiger partial charge on any atom is 0.303 e. The largest absolute Gasteiger partial charge is 0.481 e. The number of nitrogens with zero attached hydrogens (tertiary/aromatic N) is 5. The molecule has 1 fully saturated rings. The minimum Gasteiger partial charge on any atom is -0.481 e. The first-order valence-corrected chi connectivity index (χ1v) is 12.2. The Labute approximate surface area is 235 Å². The van der Waals surface area contributed by atoms with Crippen LogP contribution >= 0.6 is 12.4 Å². The molecule has 1 amide bonds. The normalized spacial score (nSPS) is 20.8. The summed E-state index contributed by atoms with van der Waals surface area (Å²) in [6.07, 6.45) is -3.82. The van der Waals surface area contributed by atoms with Crippen LogP contribution < -0.4 is 11.1 Å². The highest BCUT2D eigenvalue weighted by molar-refractivity contribution is 5.85. The Bertz CT molecular complexity index is 1280. The van der Waals surface area contributed by atoms with E-state index < -0.39 is 36.7 Å². The number of nitrogens with two attached hydrogens (primary N) is 1. The molecule has 5 atom stereocenters. The van der Waals surface area contributed by atoms with E-state index in [0.29, 0.717) is 25.8 Å². The number of hydrogen-bond acceptors (Lipinski definition) is 11. The van der Waals surface area contributed by atoms with Gasteiger partial charge in [-0.15, -0.1) is 12.4 Å². The number of aromatic nitrogens is 4. The molecule has 0 bridgehead atoms. The maximum absolute atomic E-state index is 11.2. The highest BCUT2D eigenvalue weighted by Gasteiger charge is 2.48. The van der Waals surface area contributed by atoms with Crippen LogP contribution in [-0.2, 0) is 27.2 Å². The van der Waals surface area contributed by atoms with Crippen molar-refractivity contribution >= 4 is 47.7 Å². The SMILES string of the molecule is CCN(C=O)C(O)[C@H]1O[C@@H](n2cnc3c(N)nc(NCCc4ccc(CCC(=O)O)cc4)nc32)[C@H](O)[C@@H]1O.Cl.O. The number of amides is 1. The number of carboxylic acids is 1. The van der Waals surface area contributed by atoms with Crippen LogP contribution in [0.3, 0.4) is 0 Å². The van der Waals surface area contributed by atoms with Crippen molar-refractivity contribution in [3.8, 4) is 0 Å². The van der Waals surface area contributed by atoms with Gasteiger partial charge in [-0.2, -0.15) is 9.97 Å². The van der Waals surface area contributed by atoms with Crippen LogP contribution in [0.25, 0.3) is 11.2 Å². The summed E-state index contributed by atoms with van der Waals surface area (Å²) in [4.78, 5) is 35.9. The molecule has 0 radical (unpaired) electrons. The molecular formula is C24H34ClN7O8. The number of halogens is 1. The second-order valence-electron chi connectivity index (χ2n) is 8.97. The lowest BCUT2D eigenvalue weighted by atomic mass is 10.1. The average molecular weight is 584 g/mol. The van der Waals surface area contributed by atoms with Crippen molar-refractivity contribution in [1.82, 2.24) is 24.4 Å². The summed E-state index contributed by atoms with van der Waals surface area (Å²) in [6.45, 7) is 2.31. The Morgan fingerprint density at radius 1 is 1.20 bits per heavy atom. The fraction of sp³-hybridized carbons (Fsp3) is 0.458. The molecule has 1 aliphatic heterocycles. The predicted molar refractivity (Wildman–Crippen MR) is 146 cm³/mol. The van der Waals surface area contributed by atoms with Crippen LogP contribution in [0.5, 0.6) is 0 Å². The third kappa shape index (κ3) is 6.93. The second kappa shape index (κ2) is 14.2. The van der Waals surface area contributed by atoms with Crippen LogP contribution in [-0.4, -0.2) is 100 Å². The van der Waals surface area contributed by atoms with Gasteiger partial charge in [0.15, 0.2) is 23.9 Å². The zero-order valence-corrected chi connectivity index (χ0v) is 22.4. The summed E-state index contributed by atoms with van der Waals surface area (Å²) < 4.78 is 7.16. The number of hydrogen-bond donors (Lipinski definition) is 6. The topological polar surface area (TPSA) is 241 Å². The Balaban J connectivity index is 0.00000280. The number of aliphatic carboxylic acids is 1. The van der Waals surface area contributed by atoms with Gasteiger partial charge in [0, 0.05) is 19.5 Å². The monoisotopic (exact) mass is 583 g/mol. The zero-order valence-electron chi connectivity index (χ0n) is 21.6. The molecule has 9 N–H and O–H groups in total. The number of imidazole rings is 1. The minimum atomic E-state index is -1.48. The van der Waals surface area contributed by atoms with E-state index in [9.17, 15) is 24.9 Å². The number of likely N-dealkylation sites (N-methyl/N-ethyl adjacent to an activating group) is 1. The van der Waals surface area contributed by atoms with Gasteiger partial charge in [0.2, 0.25) is 12.4 Å². The lowest BCUT2D eigenvalue weighted by Gasteiger charge is -2.28.